The molecule has 0 saturated heterocycles. The zero-order valence-electron chi connectivity index (χ0n) is 13.9. The summed E-state index contributed by atoms with van der Waals surface area (Å²) in [5.74, 6) is 0.737. The number of nitrogens with two attached hydrogens (primary N) is 1. The van der Waals surface area contributed by atoms with Crippen molar-refractivity contribution in [2.24, 2.45) is 10.9 Å². The van der Waals surface area contributed by atoms with Crippen molar-refractivity contribution in [3.8, 4) is 11.5 Å². The fourth-order valence-corrected chi connectivity index (χ4v) is 1.85. The molecule has 2 rings (SSSR count). The number of carbonyl (C=O) groups is 1. The minimum atomic E-state index is -0.805. The van der Waals surface area contributed by atoms with Gasteiger partial charge in [-0.25, -0.2) is 4.79 Å². The third kappa shape index (κ3) is 4.74. The standard InChI is InChI=1S/C18H20N2O4/c1-12-4-8-16(9-5-12)23-13(2)18(21)24-20-17(19)14-6-10-15(22-3)11-7-14/h4-11,13H,1-3H3,(H2,19,20). The topological polar surface area (TPSA) is 83.1 Å². The van der Waals surface area contributed by atoms with Gasteiger partial charge in [0.1, 0.15) is 11.5 Å². The predicted molar refractivity (Wildman–Crippen MR) is 91.1 cm³/mol. The number of benzene rings is 2. The normalized spacial score (nSPS) is 12.4. The molecule has 6 nitrogen and oxygen atoms in total. The van der Waals surface area contributed by atoms with Crippen LogP contribution >= 0.6 is 0 Å². The van der Waals surface area contributed by atoms with Gasteiger partial charge in [-0.05, 0) is 50.2 Å². The number of oxime groups is 1. The van der Waals surface area contributed by atoms with E-state index in [-0.39, 0.29) is 5.84 Å². The minimum Gasteiger partial charge on any atom is -0.497 e. The number of carbonyl (C=O) groups excluding carboxylic acids is 1. The summed E-state index contributed by atoms with van der Waals surface area (Å²) < 4.78 is 10.6. The number of methoxy groups -OCH3 is 1. The summed E-state index contributed by atoms with van der Waals surface area (Å²) in [6.45, 7) is 3.55. The second kappa shape index (κ2) is 8.01. The molecule has 0 bridgehead atoms. The second-order valence-corrected chi connectivity index (χ2v) is 5.19. The van der Waals surface area contributed by atoms with Crippen LogP contribution in [0.1, 0.15) is 18.1 Å². The number of ether oxygens (including phenoxy) is 2. The molecular formula is C18H20N2O4. The zero-order valence-corrected chi connectivity index (χ0v) is 13.9. The smallest absolute Gasteiger partial charge is 0.374 e. The first kappa shape index (κ1) is 17.3. The Balaban J connectivity index is 1.93. The van der Waals surface area contributed by atoms with E-state index in [4.69, 9.17) is 20.0 Å². The highest BCUT2D eigenvalue weighted by atomic mass is 16.7. The largest absolute Gasteiger partial charge is 0.497 e. The number of nitrogens with zero attached hydrogens (tertiary/aromatic N) is 1. The fourth-order valence-electron chi connectivity index (χ4n) is 1.85. The van der Waals surface area contributed by atoms with Crippen LogP contribution in [0.25, 0.3) is 0 Å². The second-order valence-electron chi connectivity index (χ2n) is 5.19. The monoisotopic (exact) mass is 328 g/mol. The average Bonchev–Trinajstić information content (AvgIpc) is 2.61. The van der Waals surface area contributed by atoms with E-state index in [1.54, 1.807) is 50.4 Å². The van der Waals surface area contributed by atoms with Crippen molar-refractivity contribution in [2.75, 3.05) is 7.11 Å². The molecule has 0 fully saturated rings. The third-order valence-corrected chi connectivity index (χ3v) is 3.29. The van der Waals surface area contributed by atoms with E-state index in [0.29, 0.717) is 17.1 Å². The molecule has 126 valence electrons. The molecule has 1 unspecified atom stereocenters. The van der Waals surface area contributed by atoms with Crippen molar-refractivity contribution in [2.45, 2.75) is 20.0 Å². The summed E-state index contributed by atoms with van der Waals surface area (Å²) in [6, 6.07) is 14.3. The molecule has 2 N–H and O–H groups in total. The van der Waals surface area contributed by atoms with Gasteiger partial charge in [-0.1, -0.05) is 22.9 Å². The number of amidine groups is 1. The highest BCUT2D eigenvalue weighted by Crippen LogP contribution is 2.14. The van der Waals surface area contributed by atoms with Crippen molar-refractivity contribution in [1.29, 1.82) is 0 Å². The van der Waals surface area contributed by atoms with Crippen LogP contribution in [0.5, 0.6) is 11.5 Å². The van der Waals surface area contributed by atoms with Gasteiger partial charge in [0.05, 0.1) is 7.11 Å². The molecule has 1 atom stereocenters. The lowest BCUT2D eigenvalue weighted by Gasteiger charge is -2.12. The molecule has 0 aliphatic carbocycles. The van der Waals surface area contributed by atoms with Gasteiger partial charge in [-0.2, -0.15) is 0 Å². The van der Waals surface area contributed by atoms with Crippen LogP contribution in [-0.2, 0) is 9.63 Å². The Morgan fingerprint density at radius 1 is 1.04 bits per heavy atom. The van der Waals surface area contributed by atoms with Crippen molar-refractivity contribution < 1.29 is 19.1 Å². The first-order valence-electron chi connectivity index (χ1n) is 7.41. The quantitative estimate of drug-likeness (QED) is 0.381. The summed E-state index contributed by atoms with van der Waals surface area (Å²) in [7, 11) is 1.57. The van der Waals surface area contributed by atoms with E-state index >= 15 is 0 Å². The van der Waals surface area contributed by atoms with Crippen molar-refractivity contribution in [3.63, 3.8) is 0 Å². The van der Waals surface area contributed by atoms with Gasteiger partial charge in [0, 0.05) is 5.56 Å². The van der Waals surface area contributed by atoms with Crippen LogP contribution in [0.4, 0.5) is 0 Å². The first-order chi connectivity index (χ1) is 11.5. The maximum Gasteiger partial charge on any atom is 0.374 e. The van der Waals surface area contributed by atoms with Crippen LogP contribution in [-0.4, -0.2) is 25.0 Å². The summed E-state index contributed by atoms with van der Waals surface area (Å²) in [5.41, 5.74) is 7.52. The van der Waals surface area contributed by atoms with E-state index < -0.39 is 12.1 Å². The van der Waals surface area contributed by atoms with Gasteiger partial charge in [0.25, 0.3) is 0 Å². The van der Waals surface area contributed by atoms with Gasteiger partial charge in [-0.3, -0.25) is 0 Å². The number of hydrogen-bond donors (Lipinski definition) is 1. The molecule has 0 amide bonds. The molecule has 0 heterocycles. The molecule has 2 aromatic rings. The third-order valence-electron chi connectivity index (χ3n) is 3.29. The van der Waals surface area contributed by atoms with Gasteiger partial charge in [-0.15, -0.1) is 0 Å². The number of aryl methyl sites for hydroxylation is 1. The van der Waals surface area contributed by atoms with E-state index in [1.165, 1.54) is 0 Å². The molecule has 0 saturated carbocycles. The SMILES string of the molecule is COc1ccc(/C(N)=N/OC(=O)C(C)Oc2ccc(C)cc2)cc1. The molecule has 6 heteroatoms. The molecule has 0 aromatic heterocycles. The summed E-state index contributed by atoms with van der Waals surface area (Å²) >= 11 is 0. The van der Waals surface area contributed by atoms with Crippen molar-refractivity contribution >= 4 is 11.8 Å². The van der Waals surface area contributed by atoms with E-state index in [2.05, 4.69) is 5.16 Å². The lowest BCUT2D eigenvalue weighted by atomic mass is 10.2. The molecule has 0 radical (unpaired) electrons. The predicted octanol–water partition coefficient (Wildman–Crippen LogP) is 2.63. The Hall–Kier alpha value is -3.02. The Kier molecular flexibility index (Phi) is 5.78. The first-order valence-corrected chi connectivity index (χ1v) is 7.41. The van der Waals surface area contributed by atoms with E-state index in [9.17, 15) is 4.79 Å². The highest BCUT2D eigenvalue weighted by Gasteiger charge is 2.17. The minimum absolute atomic E-state index is 0.0912. The summed E-state index contributed by atoms with van der Waals surface area (Å²) in [4.78, 5) is 16.8. The van der Waals surface area contributed by atoms with Gasteiger partial charge in [0.15, 0.2) is 11.9 Å². The van der Waals surface area contributed by atoms with Crippen molar-refractivity contribution in [3.05, 3.63) is 59.7 Å². The maximum atomic E-state index is 11.9. The lowest BCUT2D eigenvalue weighted by molar-refractivity contribution is -0.151. The molecular weight excluding hydrogens is 308 g/mol. The van der Waals surface area contributed by atoms with Crippen molar-refractivity contribution in [1.82, 2.24) is 0 Å². The maximum absolute atomic E-state index is 11.9. The van der Waals surface area contributed by atoms with Crippen LogP contribution in [0.3, 0.4) is 0 Å². The Bertz CT molecular complexity index is 709. The van der Waals surface area contributed by atoms with Gasteiger partial charge < -0.3 is 20.0 Å². The van der Waals surface area contributed by atoms with E-state index in [1.807, 2.05) is 19.1 Å². The van der Waals surface area contributed by atoms with Gasteiger partial charge >= 0.3 is 5.97 Å². The number of hydrogen-bond acceptors (Lipinski definition) is 5. The van der Waals surface area contributed by atoms with Crippen LogP contribution in [0.15, 0.2) is 53.7 Å². The number of rotatable bonds is 6. The van der Waals surface area contributed by atoms with Gasteiger partial charge in [0.2, 0.25) is 0 Å². The Morgan fingerprint density at radius 2 is 1.62 bits per heavy atom. The average molecular weight is 328 g/mol. The van der Waals surface area contributed by atoms with Crippen LogP contribution in [0.2, 0.25) is 0 Å². The van der Waals surface area contributed by atoms with E-state index in [0.717, 1.165) is 5.56 Å². The Morgan fingerprint density at radius 3 is 2.21 bits per heavy atom. The lowest BCUT2D eigenvalue weighted by Crippen LogP contribution is -2.26. The summed E-state index contributed by atoms with van der Waals surface area (Å²) in [6.07, 6.45) is -0.805. The molecule has 2 aromatic carbocycles. The Labute approximate surface area is 140 Å². The summed E-state index contributed by atoms with van der Waals surface area (Å²) in [5, 5.41) is 3.65. The molecule has 24 heavy (non-hydrogen) atoms. The van der Waals surface area contributed by atoms with Crippen LogP contribution in [0, 0.1) is 6.92 Å². The highest BCUT2D eigenvalue weighted by molar-refractivity contribution is 5.97. The fraction of sp³-hybridized carbons (Fsp3) is 0.222. The van der Waals surface area contributed by atoms with Crippen LogP contribution < -0.4 is 15.2 Å². The molecule has 0 spiro atoms. The molecule has 0 aliphatic rings. The zero-order chi connectivity index (χ0) is 17.5. The molecule has 0 aliphatic heterocycles.